The highest BCUT2D eigenvalue weighted by Gasteiger charge is 2.67. The predicted molar refractivity (Wildman–Crippen MR) is 209 cm³/mol. The van der Waals surface area contributed by atoms with E-state index in [1.807, 2.05) is 67.6 Å². The van der Waals surface area contributed by atoms with E-state index in [-0.39, 0.29) is 48.7 Å². The van der Waals surface area contributed by atoms with E-state index in [2.05, 4.69) is 47.8 Å². The average molecular weight is 832 g/mol. The van der Waals surface area contributed by atoms with Crippen LogP contribution in [-0.4, -0.2) is 60.7 Å². The molecule has 3 heterocycles. The van der Waals surface area contributed by atoms with Gasteiger partial charge in [-0.1, -0.05) is 73.7 Å². The van der Waals surface area contributed by atoms with Crippen molar-refractivity contribution >= 4 is 59.0 Å². The summed E-state index contributed by atoms with van der Waals surface area (Å²) >= 11 is 2.24. The van der Waals surface area contributed by atoms with Crippen molar-refractivity contribution in [3.63, 3.8) is 0 Å². The van der Waals surface area contributed by atoms with Crippen LogP contribution in [0.25, 0.3) is 0 Å². The third-order valence-electron chi connectivity index (χ3n) is 11.5. The van der Waals surface area contributed by atoms with E-state index in [0.717, 1.165) is 31.2 Å². The summed E-state index contributed by atoms with van der Waals surface area (Å²) in [5.74, 6) is -0.160. The number of carbonyl (C=O) groups excluding carboxylic acids is 2. The van der Waals surface area contributed by atoms with Crippen LogP contribution in [0.15, 0.2) is 91.0 Å². The maximum absolute atomic E-state index is 15.1. The first-order valence-corrected chi connectivity index (χ1v) is 21.7. The van der Waals surface area contributed by atoms with Crippen molar-refractivity contribution in [1.29, 1.82) is 0 Å². The number of nitro benzene ring substituents is 1. The highest BCUT2D eigenvalue weighted by atomic mass is 127. The first-order chi connectivity index (χ1) is 24.9. The number of aliphatic hydroxyl groups is 1. The van der Waals surface area contributed by atoms with Gasteiger partial charge < -0.3 is 24.4 Å². The van der Waals surface area contributed by atoms with Gasteiger partial charge in [0.25, 0.3) is 11.6 Å². The lowest BCUT2D eigenvalue weighted by Crippen LogP contribution is -2.52. The van der Waals surface area contributed by atoms with Crippen molar-refractivity contribution in [2.45, 2.75) is 69.2 Å². The van der Waals surface area contributed by atoms with Crippen LogP contribution in [0.1, 0.15) is 35.6 Å². The number of benzene rings is 4. The molecule has 270 valence electrons. The number of halogens is 1. The van der Waals surface area contributed by atoms with Crippen LogP contribution in [-0.2, 0) is 39.4 Å². The molecular formula is C40H42IN3O7Si. The molecule has 3 aliphatic rings. The number of anilines is 1. The molecular weight excluding hydrogens is 789 g/mol. The van der Waals surface area contributed by atoms with E-state index in [1.54, 1.807) is 23.0 Å². The van der Waals surface area contributed by atoms with Crippen LogP contribution < -0.4 is 14.8 Å². The molecule has 7 rings (SSSR count). The summed E-state index contributed by atoms with van der Waals surface area (Å²) in [4.78, 5) is 44.7. The van der Waals surface area contributed by atoms with E-state index >= 15 is 4.79 Å². The second kappa shape index (κ2) is 14.0. The quantitative estimate of drug-likeness (QED) is 0.0909. The minimum Gasteiger partial charge on any atom is -0.497 e. The predicted octanol–water partition coefficient (Wildman–Crippen LogP) is 6.31. The molecule has 0 saturated carbocycles. The number of methoxy groups -OCH3 is 1. The average Bonchev–Trinajstić information content (AvgIpc) is 3.57. The van der Waals surface area contributed by atoms with E-state index < -0.39 is 30.6 Å². The molecule has 0 radical (unpaired) electrons. The Hall–Kier alpha value is -4.11. The van der Waals surface area contributed by atoms with Gasteiger partial charge in [-0.05, 0) is 81.6 Å². The Balaban J connectivity index is 1.33. The molecule has 0 aromatic heterocycles. The molecule has 12 heteroatoms. The highest BCUT2D eigenvalue weighted by molar-refractivity contribution is 14.1. The number of carbonyl (C=O) groups is 2. The van der Waals surface area contributed by atoms with Crippen LogP contribution >= 0.6 is 22.6 Å². The molecule has 0 bridgehead atoms. The fraction of sp³-hybridized carbons (Fsp3) is 0.350. The molecule has 1 saturated heterocycles. The molecule has 1 fully saturated rings. The zero-order valence-electron chi connectivity index (χ0n) is 29.6. The van der Waals surface area contributed by atoms with Crippen molar-refractivity contribution in [2.24, 2.45) is 5.92 Å². The highest BCUT2D eigenvalue weighted by Crippen LogP contribution is 2.60. The fourth-order valence-corrected chi connectivity index (χ4v) is 13.2. The number of non-ortho nitro benzene ring substituents is 1. The van der Waals surface area contributed by atoms with E-state index in [9.17, 15) is 20.0 Å². The number of fused-ring (bicyclic) bond motifs is 3. The van der Waals surface area contributed by atoms with Gasteiger partial charge in [-0.3, -0.25) is 19.7 Å². The second-order valence-electron chi connectivity index (χ2n) is 14.7. The second-order valence-corrected chi connectivity index (χ2v) is 20.6. The van der Waals surface area contributed by atoms with Crippen LogP contribution in [0, 0.1) is 19.6 Å². The number of nitrogens with zero attached hydrogens (tertiary/aromatic N) is 3. The summed E-state index contributed by atoms with van der Waals surface area (Å²) in [6.45, 7) is 6.94. The SMILES string of the molecule is COc1ccc([Si](C)(C)[C@@H]2[C@@H](CC(=O)N3Cc4ccccc4C[C@H]3CO)O[C@]3(C(=O)N(Cc4ccc(I)cc4)c4ccc([N+](=O)[O-])cc43)[C@H]2C)cc1. The monoisotopic (exact) mass is 831 g/mol. The molecule has 4 aromatic rings. The number of ether oxygens (including phenoxy) is 2. The Kier molecular flexibility index (Phi) is 9.78. The summed E-state index contributed by atoms with van der Waals surface area (Å²) in [6.07, 6.45) is -0.142. The lowest BCUT2D eigenvalue weighted by molar-refractivity contribution is -0.385. The molecule has 5 atom stereocenters. The number of hydrogen-bond acceptors (Lipinski definition) is 7. The molecule has 2 amide bonds. The molecule has 0 aliphatic carbocycles. The molecule has 10 nitrogen and oxygen atoms in total. The topological polar surface area (TPSA) is 122 Å². The number of amides is 2. The zero-order valence-corrected chi connectivity index (χ0v) is 32.8. The number of rotatable bonds is 9. The Morgan fingerprint density at radius 1 is 1.06 bits per heavy atom. The minimum atomic E-state index is -2.60. The molecule has 0 unspecified atom stereocenters. The Morgan fingerprint density at radius 3 is 2.40 bits per heavy atom. The minimum absolute atomic E-state index is 0.00330. The number of aliphatic hydroxyl groups excluding tert-OH is 1. The summed E-state index contributed by atoms with van der Waals surface area (Å²) in [6, 6.07) is 28.1. The maximum atomic E-state index is 15.1. The zero-order chi connectivity index (χ0) is 36.9. The normalized spacial score (nSPS) is 23.8. The smallest absolute Gasteiger partial charge is 0.269 e. The standard InChI is InChI=1S/C40H42IN3O7Si/c1-25-38(52(3,4)33-16-14-32(50-2)15-17-33)36(21-37(46)42-23-28-8-6-5-7-27(28)19-31(42)24-45)51-40(25)34-20-30(44(48)49)13-18-35(34)43(39(40)47)22-26-9-11-29(41)12-10-26/h5-18,20,25,31,36,38,45H,19,21-24H2,1-4H3/t25-,31-,36+,38-,40+/m0/s1. The molecule has 1 N–H and O–H groups in total. The van der Waals surface area contributed by atoms with E-state index in [0.29, 0.717) is 24.2 Å². The van der Waals surface area contributed by atoms with Gasteiger partial charge in [0, 0.05) is 33.7 Å². The summed E-state index contributed by atoms with van der Waals surface area (Å²) in [5, 5.41) is 23.7. The lowest BCUT2D eigenvalue weighted by Gasteiger charge is -2.39. The third-order valence-corrected chi connectivity index (χ3v) is 16.6. The fourth-order valence-electron chi connectivity index (χ4n) is 8.88. The van der Waals surface area contributed by atoms with Gasteiger partial charge in [0.1, 0.15) is 5.75 Å². The van der Waals surface area contributed by atoms with Gasteiger partial charge >= 0.3 is 0 Å². The van der Waals surface area contributed by atoms with Crippen LogP contribution in [0.2, 0.25) is 18.6 Å². The number of hydrogen-bond donors (Lipinski definition) is 1. The Morgan fingerprint density at radius 2 is 1.75 bits per heavy atom. The van der Waals surface area contributed by atoms with E-state index in [4.69, 9.17) is 9.47 Å². The van der Waals surface area contributed by atoms with Crippen molar-refractivity contribution in [2.75, 3.05) is 18.6 Å². The lowest BCUT2D eigenvalue weighted by atomic mass is 9.82. The van der Waals surface area contributed by atoms with Crippen LogP contribution in [0.5, 0.6) is 5.75 Å². The van der Waals surface area contributed by atoms with E-state index in [1.165, 1.54) is 12.1 Å². The van der Waals surface area contributed by atoms with Crippen molar-refractivity contribution < 1.29 is 29.1 Å². The number of nitro groups is 1. The van der Waals surface area contributed by atoms with Crippen molar-refractivity contribution in [3.05, 3.63) is 127 Å². The van der Waals surface area contributed by atoms with Crippen LogP contribution in [0.3, 0.4) is 0 Å². The van der Waals surface area contributed by atoms with Crippen molar-refractivity contribution in [3.8, 4) is 5.75 Å². The Labute approximate surface area is 318 Å². The summed E-state index contributed by atoms with van der Waals surface area (Å²) in [7, 11) is -0.972. The summed E-state index contributed by atoms with van der Waals surface area (Å²) < 4.78 is 13.7. The first kappa shape index (κ1) is 36.3. The largest absolute Gasteiger partial charge is 0.497 e. The van der Waals surface area contributed by atoms with Gasteiger partial charge in [-0.25, -0.2) is 0 Å². The Bertz CT molecular complexity index is 2020. The van der Waals surface area contributed by atoms with Crippen LogP contribution in [0.4, 0.5) is 11.4 Å². The van der Waals surface area contributed by atoms with Crippen molar-refractivity contribution in [1.82, 2.24) is 4.90 Å². The van der Waals surface area contributed by atoms with Gasteiger partial charge in [0.05, 0.1) is 57.5 Å². The first-order valence-electron chi connectivity index (χ1n) is 17.5. The van der Waals surface area contributed by atoms with Gasteiger partial charge in [0.2, 0.25) is 5.91 Å². The van der Waals surface area contributed by atoms with Gasteiger partial charge in [-0.2, -0.15) is 0 Å². The molecule has 1 spiro atoms. The summed E-state index contributed by atoms with van der Waals surface area (Å²) in [5.41, 5.74) is 2.18. The molecule has 52 heavy (non-hydrogen) atoms. The molecule has 3 aliphatic heterocycles. The third kappa shape index (κ3) is 6.12. The van der Waals surface area contributed by atoms with Gasteiger partial charge in [-0.15, -0.1) is 0 Å². The maximum Gasteiger partial charge on any atom is 0.269 e. The van der Waals surface area contributed by atoms with Gasteiger partial charge in [0.15, 0.2) is 5.60 Å². The molecule has 4 aromatic carbocycles.